The first-order valence-corrected chi connectivity index (χ1v) is 8.69. The van der Waals surface area contributed by atoms with Gasteiger partial charge in [0.25, 0.3) is 5.91 Å². The summed E-state index contributed by atoms with van der Waals surface area (Å²) in [6.07, 6.45) is 3.40. The fourth-order valence-electron chi connectivity index (χ4n) is 1.81. The van der Waals surface area contributed by atoms with Crippen molar-refractivity contribution >= 4 is 21.8 Å². The molecule has 124 valence electrons. The quantitative estimate of drug-likeness (QED) is 0.588. The van der Waals surface area contributed by atoms with Gasteiger partial charge in [0, 0.05) is 18.2 Å². The lowest BCUT2D eigenvalue weighted by Gasteiger charge is -2.07. The van der Waals surface area contributed by atoms with Gasteiger partial charge in [-0.3, -0.25) is 9.59 Å². The van der Waals surface area contributed by atoms with E-state index >= 15 is 0 Å². The molecule has 1 saturated carbocycles. The van der Waals surface area contributed by atoms with Crippen LogP contribution < -0.4 is 15.4 Å². The van der Waals surface area contributed by atoms with Crippen LogP contribution in [0.3, 0.4) is 0 Å². The molecule has 0 spiro atoms. The average Bonchev–Trinajstić information content (AvgIpc) is 3.34. The summed E-state index contributed by atoms with van der Waals surface area (Å²) in [7, 11) is -3.61. The maximum absolute atomic E-state index is 11.9. The Morgan fingerprint density at radius 1 is 1.22 bits per heavy atom. The van der Waals surface area contributed by atoms with Gasteiger partial charge in [-0.25, -0.2) is 13.1 Å². The molecule has 0 heterocycles. The van der Waals surface area contributed by atoms with E-state index in [1.165, 1.54) is 30.3 Å². The van der Waals surface area contributed by atoms with Crippen molar-refractivity contribution in [2.24, 2.45) is 0 Å². The lowest BCUT2D eigenvalue weighted by Crippen LogP contribution is -2.37. The zero-order chi connectivity index (χ0) is 16.9. The maximum atomic E-state index is 11.9. The van der Waals surface area contributed by atoms with Crippen LogP contribution in [0.25, 0.3) is 0 Å². The van der Waals surface area contributed by atoms with Crippen LogP contribution in [0.15, 0.2) is 41.8 Å². The lowest BCUT2D eigenvalue weighted by atomic mass is 10.2. The van der Waals surface area contributed by atoms with Gasteiger partial charge in [-0.05, 0) is 37.1 Å². The minimum atomic E-state index is -3.61. The molecule has 1 aliphatic carbocycles. The highest BCUT2D eigenvalue weighted by Gasteiger charge is 2.23. The van der Waals surface area contributed by atoms with E-state index in [2.05, 4.69) is 21.9 Å². The Morgan fingerprint density at radius 3 is 2.43 bits per heavy atom. The Morgan fingerprint density at radius 2 is 1.87 bits per heavy atom. The van der Waals surface area contributed by atoms with Gasteiger partial charge < -0.3 is 10.6 Å². The van der Waals surface area contributed by atoms with Crippen LogP contribution in [-0.2, 0) is 14.8 Å². The molecule has 1 aromatic rings. The second-order valence-corrected chi connectivity index (χ2v) is 6.96. The van der Waals surface area contributed by atoms with Crippen molar-refractivity contribution in [1.29, 1.82) is 0 Å². The topological polar surface area (TPSA) is 104 Å². The van der Waals surface area contributed by atoms with Crippen LogP contribution in [-0.4, -0.2) is 39.4 Å². The maximum Gasteiger partial charge on any atom is 0.251 e. The number of hydrogen-bond donors (Lipinski definition) is 3. The van der Waals surface area contributed by atoms with Gasteiger partial charge in [-0.1, -0.05) is 6.08 Å². The van der Waals surface area contributed by atoms with Gasteiger partial charge in [0.15, 0.2) is 0 Å². The van der Waals surface area contributed by atoms with Crippen LogP contribution in [0.4, 0.5) is 0 Å². The molecule has 0 radical (unpaired) electrons. The highest BCUT2D eigenvalue weighted by atomic mass is 32.2. The van der Waals surface area contributed by atoms with E-state index in [1.54, 1.807) is 0 Å². The van der Waals surface area contributed by atoms with Gasteiger partial charge in [0.2, 0.25) is 15.9 Å². The largest absolute Gasteiger partial charge is 0.352 e. The van der Waals surface area contributed by atoms with Crippen molar-refractivity contribution in [3.8, 4) is 0 Å². The Labute approximate surface area is 135 Å². The average molecular weight is 337 g/mol. The molecule has 0 aliphatic heterocycles. The summed E-state index contributed by atoms with van der Waals surface area (Å²) in [5.74, 6) is -0.660. The van der Waals surface area contributed by atoms with Gasteiger partial charge >= 0.3 is 0 Å². The number of hydrogen-bond acceptors (Lipinski definition) is 4. The first-order chi connectivity index (χ1) is 10.9. The third-order valence-corrected chi connectivity index (χ3v) is 4.64. The van der Waals surface area contributed by atoms with E-state index < -0.39 is 15.9 Å². The minimum absolute atomic E-state index is 0.0578. The smallest absolute Gasteiger partial charge is 0.251 e. The number of nitrogens with one attached hydrogen (secondary N) is 3. The fourth-order valence-corrected chi connectivity index (χ4v) is 2.80. The number of amides is 2. The monoisotopic (exact) mass is 337 g/mol. The highest BCUT2D eigenvalue weighted by molar-refractivity contribution is 7.89. The molecule has 1 aromatic carbocycles. The summed E-state index contributed by atoms with van der Waals surface area (Å²) < 4.78 is 26.1. The zero-order valence-corrected chi connectivity index (χ0v) is 13.4. The van der Waals surface area contributed by atoms with E-state index in [9.17, 15) is 18.0 Å². The van der Waals surface area contributed by atoms with Gasteiger partial charge in [0.1, 0.15) is 0 Å². The summed E-state index contributed by atoms with van der Waals surface area (Å²) in [4.78, 5) is 23.5. The lowest BCUT2D eigenvalue weighted by molar-refractivity contribution is -0.120. The summed E-state index contributed by atoms with van der Waals surface area (Å²) >= 11 is 0. The third-order valence-electron chi connectivity index (χ3n) is 3.20. The standard InChI is InChI=1S/C15H19N3O4S/c1-2-9-17-23(21,22)13-7-3-11(4-8-13)15(20)16-10-14(19)18-12-5-6-12/h2-4,7-8,12,17H,1,5-6,9-10H2,(H,16,20)(H,18,19). The van der Waals surface area contributed by atoms with Crippen LogP contribution in [0, 0.1) is 0 Å². The van der Waals surface area contributed by atoms with E-state index in [0.717, 1.165) is 12.8 Å². The fraction of sp³-hybridized carbons (Fsp3) is 0.333. The molecule has 0 bridgehead atoms. The van der Waals surface area contributed by atoms with E-state index in [-0.39, 0.29) is 35.5 Å². The molecule has 2 rings (SSSR count). The number of carbonyl (C=O) groups is 2. The van der Waals surface area contributed by atoms with Crippen molar-refractivity contribution in [2.45, 2.75) is 23.8 Å². The first kappa shape index (κ1) is 17.2. The molecule has 2 amide bonds. The van der Waals surface area contributed by atoms with Gasteiger partial charge in [-0.15, -0.1) is 6.58 Å². The molecule has 0 saturated heterocycles. The Kier molecular flexibility index (Phi) is 5.51. The number of rotatable bonds is 8. The second kappa shape index (κ2) is 7.38. The minimum Gasteiger partial charge on any atom is -0.352 e. The van der Waals surface area contributed by atoms with Crippen molar-refractivity contribution in [3.63, 3.8) is 0 Å². The third kappa shape index (κ3) is 5.19. The van der Waals surface area contributed by atoms with Crippen LogP contribution in [0.1, 0.15) is 23.2 Å². The van der Waals surface area contributed by atoms with E-state index in [0.29, 0.717) is 0 Å². The summed E-state index contributed by atoms with van der Waals surface area (Å²) in [6, 6.07) is 5.72. The van der Waals surface area contributed by atoms with Crippen molar-refractivity contribution in [1.82, 2.24) is 15.4 Å². The van der Waals surface area contributed by atoms with E-state index in [1.807, 2.05) is 0 Å². The number of carbonyl (C=O) groups excluding carboxylic acids is 2. The predicted octanol–water partition coefficient (Wildman–Crippen LogP) is 0.159. The van der Waals surface area contributed by atoms with Crippen molar-refractivity contribution in [3.05, 3.63) is 42.5 Å². The molecule has 7 nitrogen and oxygen atoms in total. The highest BCUT2D eigenvalue weighted by Crippen LogP contribution is 2.18. The van der Waals surface area contributed by atoms with Gasteiger partial charge in [0.05, 0.1) is 11.4 Å². The predicted molar refractivity (Wildman–Crippen MR) is 85.3 cm³/mol. The number of sulfonamides is 1. The Hall–Kier alpha value is -2.19. The van der Waals surface area contributed by atoms with Crippen molar-refractivity contribution < 1.29 is 18.0 Å². The van der Waals surface area contributed by atoms with Crippen molar-refractivity contribution in [2.75, 3.05) is 13.1 Å². The van der Waals surface area contributed by atoms with E-state index in [4.69, 9.17) is 0 Å². The van der Waals surface area contributed by atoms with Crippen LogP contribution in [0.5, 0.6) is 0 Å². The van der Waals surface area contributed by atoms with Crippen LogP contribution >= 0.6 is 0 Å². The number of benzene rings is 1. The summed E-state index contributed by atoms with van der Waals surface area (Å²) in [6.45, 7) is 3.46. The molecule has 0 aromatic heterocycles. The molecular weight excluding hydrogens is 318 g/mol. The molecule has 1 fully saturated rings. The summed E-state index contributed by atoms with van der Waals surface area (Å²) in [5.41, 5.74) is 0.284. The molecule has 3 N–H and O–H groups in total. The molecule has 1 aliphatic rings. The molecular formula is C15H19N3O4S. The molecule has 0 atom stereocenters. The first-order valence-electron chi connectivity index (χ1n) is 7.20. The normalized spacial score (nSPS) is 14.1. The van der Waals surface area contributed by atoms with Gasteiger partial charge in [-0.2, -0.15) is 0 Å². The molecule has 23 heavy (non-hydrogen) atoms. The Balaban J connectivity index is 1.91. The molecule has 0 unspecified atom stereocenters. The second-order valence-electron chi connectivity index (χ2n) is 5.19. The van der Waals surface area contributed by atoms with Crippen LogP contribution in [0.2, 0.25) is 0 Å². The SMILES string of the molecule is C=CCNS(=O)(=O)c1ccc(C(=O)NCC(=O)NC2CC2)cc1. The zero-order valence-electron chi connectivity index (χ0n) is 12.5. The Bertz CT molecular complexity index is 694. The molecule has 8 heteroatoms. The summed E-state index contributed by atoms with van der Waals surface area (Å²) in [5, 5.41) is 5.25.